The quantitative estimate of drug-likeness (QED) is 0.550. The molecule has 0 aromatic rings. The van der Waals surface area contributed by atoms with Gasteiger partial charge in [0, 0.05) is 0 Å². The number of allylic oxidation sites excluding steroid dienone is 4. The molecule has 11 heavy (non-hydrogen) atoms. The molecule has 1 saturated heterocycles. The lowest BCUT2D eigenvalue weighted by atomic mass is 9.80. The minimum absolute atomic E-state index is 0.371. The molecule has 0 saturated carbocycles. The van der Waals surface area contributed by atoms with Crippen LogP contribution in [0.1, 0.15) is 19.8 Å². The molecule has 0 bridgehead atoms. The molecule has 2 rings (SSSR count). The third-order valence-electron chi connectivity index (χ3n) is 2.43. The van der Waals surface area contributed by atoms with Gasteiger partial charge in [0.25, 0.3) is 0 Å². The van der Waals surface area contributed by atoms with Crippen molar-refractivity contribution in [3.63, 3.8) is 0 Å². The van der Waals surface area contributed by atoms with E-state index in [4.69, 9.17) is 4.74 Å². The number of rotatable bonds is 2. The molecule has 0 N–H and O–H groups in total. The molecule has 60 valence electrons. The van der Waals surface area contributed by atoms with Gasteiger partial charge in [-0.3, -0.25) is 0 Å². The first-order chi connectivity index (χ1) is 5.29. The smallest absolute Gasteiger partial charge is 0.0818 e. The zero-order valence-corrected chi connectivity index (χ0v) is 6.92. The fraction of sp³-hybridized carbons (Fsp3) is 0.600. The van der Waals surface area contributed by atoms with Crippen LogP contribution in [-0.2, 0) is 4.74 Å². The average Bonchev–Trinajstić information content (AvgIpc) is 2.72. The van der Waals surface area contributed by atoms with Crippen LogP contribution in [0.15, 0.2) is 24.3 Å². The topological polar surface area (TPSA) is 12.5 Å². The standard InChI is InChI=1S/C10H14O/c1-10(7-9-8-11-9)5-3-2-4-6-10/h2-5,9H,6-8H2,1H3/t9?,10-/m0/s1. The Kier molecular flexibility index (Phi) is 1.61. The molecule has 1 heteroatoms. The number of epoxide rings is 1. The van der Waals surface area contributed by atoms with Crippen LogP contribution in [0.2, 0.25) is 0 Å². The second-order valence-electron chi connectivity index (χ2n) is 3.80. The highest BCUT2D eigenvalue weighted by atomic mass is 16.6. The molecule has 0 amide bonds. The third-order valence-corrected chi connectivity index (χ3v) is 2.43. The van der Waals surface area contributed by atoms with E-state index in [1.165, 1.54) is 12.8 Å². The van der Waals surface area contributed by atoms with E-state index in [0.717, 1.165) is 6.61 Å². The van der Waals surface area contributed by atoms with E-state index < -0.39 is 0 Å². The van der Waals surface area contributed by atoms with Gasteiger partial charge in [-0.15, -0.1) is 0 Å². The highest BCUT2D eigenvalue weighted by molar-refractivity contribution is 5.16. The summed E-state index contributed by atoms with van der Waals surface area (Å²) in [6.45, 7) is 3.28. The van der Waals surface area contributed by atoms with E-state index in [0.29, 0.717) is 11.5 Å². The largest absolute Gasteiger partial charge is 0.373 e. The van der Waals surface area contributed by atoms with Crippen LogP contribution in [0, 0.1) is 5.41 Å². The molecule has 1 nitrogen and oxygen atoms in total. The summed E-state index contributed by atoms with van der Waals surface area (Å²) in [4.78, 5) is 0. The fourth-order valence-electron chi connectivity index (χ4n) is 1.63. The lowest BCUT2D eigenvalue weighted by Gasteiger charge is -2.25. The van der Waals surface area contributed by atoms with Gasteiger partial charge in [-0.2, -0.15) is 0 Å². The summed E-state index contributed by atoms with van der Waals surface area (Å²) < 4.78 is 5.22. The Morgan fingerprint density at radius 1 is 1.55 bits per heavy atom. The first-order valence-corrected chi connectivity index (χ1v) is 4.24. The molecule has 0 aromatic carbocycles. The van der Waals surface area contributed by atoms with Crippen molar-refractivity contribution in [3.05, 3.63) is 24.3 Å². The van der Waals surface area contributed by atoms with Crippen LogP contribution in [0.4, 0.5) is 0 Å². The molecule has 1 heterocycles. The molecule has 1 unspecified atom stereocenters. The molecule has 1 fully saturated rings. The van der Waals surface area contributed by atoms with Gasteiger partial charge in [-0.1, -0.05) is 31.2 Å². The van der Waals surface area contributed by atoms with Crippen molar-refractivity contribution in [1.29, 1.82) is 0 Å². The van der Waals surface area contributed by atoms with Gasteiger partial charge in [0.2, 0.25) is 0 Å². The van der Waals surface area contributed by atoms with Crippen LogP contribution < -0.4 is 0 Å². The van der Waals surface area contributed by atoms with Crippen molar-refractivity contribution < 1.29 is 4.74 Å². The Balaban J connectivity index is 1.97. The number of hydrogen-bond acceptors (Lipinski definition) is 1. The summed E-state index contributed by atoms with van der Waals surface area (Å²) >= 11 is 0. The Labute approximate surface area is 67.7 Å². The van der Waals surface area contributed by atoms with Crippen molar-refractivity contribution in [3.8, 4) is 0 Å². The Morgan fingerprint density at radius 3 is 2.91 bits per heavy atom. The molecule has 1 aliphatic carbocycles. The molecule has 2 aliphatic rings. The van der Waals surface area contributed by atoms with Crippen molar-refractivity contribution in [2.75, 3.05) is 6.61 Å². The summed E-state index contributed by atoms with van der Waals surface area (Å²) in [6, 6.07) is 0. The van der Waals surface area contributed by atoms with Gasteiger partial charge in [0.05, 0.1) is 12.7 Å². The predicted molar refractivity (Wildman–Crippen MR) is 45.4 cm³/mol. The molecular formula is C10H14O. The third kappa shape index (κ3) is 1.72. The van der Waals surface area contributed by atoms with Crippen molar-refractivity contribution in [1.82, 2.24) is 0 Å². The van der Waals surface area contributed by atoms with Gasteiger partial charge in [-0.25, -0.2) is 0 Å². The van der Waals surface area contributed by atoms with Gasteiger partial charge in [-0.05, 0) is 18.3 Å². The summed E-state index contributed by atoms with van der Waals surface area (Å²) in [5.74, 6) is 0. The number of ether oxygens (including phenoxy) is 1. The molecule has 0 aromatic heterocycles. The van der Waals surface area contributed by atoms with Gasteiger partial charge >= 0.3 is 0 Å². The monoisotopic (exact) mass is 150 g/mol. The zero-order chi connectivity index (χ0) is 7.73. The Hall–Kier alpha value is -0.560. The predicted octanol–water partition coefficient (Wildman–Crippen LogP) is 2.30. The van der Waals surface area contributed by atoms with E-state index in [1.54, 1.807) is 0 Å². The first kappa shape index (κ1) is 7.11. The van der Waals surface area contributed by atoms with E-state index >= 15 is 0 Å². The summed E-state index contributed by atoms with van der Waals surface area (Å²) in [6.07, 6.45) is 11.7. The van der Waals surface area contributed by atoms with Crippen molar-refractivity contribution >= 4 is 0 Å². The highest BCUT2D eigenvalue weighted by Gasteiger charge is 2.32. The SMILES string of the molecule is C[C@]1(CC2CO2)C=CC=CC1. The van der Waals surface area contributed by atoms with Crippen molar-refractivity contribution in [2.24, 2.45) is 5.41 Å². The zero-order valence-electron chi connectivity index (χ0n) is 6.92. The minimum atomic E-state index is 0.371. The second-order valence-corrected chi connectivity index (χ2v) is 3.80. The normalized spacial score (nSPS) is 41.0. The highest BCUT2D eigenvalue weighted by Crippen LogP contribution is 2.35. The van der Waals surface area contributed by atoms with E-state index in [9.17, 15) is 0 Å². The summed E-state index contributed by atoms with van der Waals surface area (Å²) in [5, 5.41) is 0. The van der Waals surface area contributed by atoms with E-state index in [-0.39, 0.29) is 0 Å². The summed E-state index contributed by atoms with van der Waals surface area (Å²) in [7, 11) is 0. The Bertz CT molecular complexity index is 201. The summed E-state index contributed by atoms with van der Waals surface area (Å²) in [5.41, 5.74) is 0.371. The molecule has 0 spiro atoms. The molecular weight excluding hydrogens is 136 g/mol. The average molecular weight is 150 g/mol. The van der Waals surface area contributed by atoms with Gasteiger partial charge in [0.1, 0.15) is 0 Å². The number of hydrogen-bond donors (Lipinski definition) is 0. The Morgan fingerprint density at radius 2 is 2.36 bits per heavy atom. The maximum Gasteiger partial charge on any atom is 0.0818 e. The molecule has 2 atom stereocenters. The van der Waals surface area contributed by atoms with Gasteiger partial charge in [0.15, 0.2) is 0 Å². The fourth-order valence-corrected chi connectivity index (χ4v) is 1.63. The van der Waals surface area contributed by atoms with E-state index in [1.807, 2.05) is 0 Å². The van der Waals surface area contributed by atoms with Crippen LogP contribution in [0.3, 0.4) is 0 Å². The van der Waals surface area contributed by atoms with Crippen molar-refractivity contribution in [2.45, 2.75) is 25.9 Å². The maximum atomic E-state index is 5.22. The van der Waals surface area contributed by atoms with Crippen LogP contribution in [0.25, 0.3) is 0 Å². The minimum Gasteiger partial charge on any atom is -0.373 e. The molecule has 0 radical (unpaired) electrons. The van der Waals surface area contributed by atoms with Crippen LogP contribution >= 0.6 is 0 Å². The maximum absolute atomic E-state index is 5.22. The second kappa shape index (κ2) is 2.49. The molecule has 1 aliphatic heterocycles. The van der Waals surface area contributed by atoms with Gasteiger partial charge < -0.3 is 4.74 Å². The first-order valence-electron chi connectivity index (χ1n) is 4.24. The van der Waals surface area contributed by atoms with E-state index in [2.05, 4.69) is 31.2 Å². The lowest BCUT2D eigenvalue weighted by Crippen LogP contribution is -2.16. The lowest BCUT2D eigenvalue weighted by molar-refractivity contribution is 0.309. The van der Waals surface area contributed by atoms with Crippen LogP contribution in [-0.4, -0.2) is 12.7 Å². The van der Waals surface area contributed by atoms with Crippen LogP contribution in [0.5, 0.6) is 0 Å².